The molecule has 0 heterocycles. The first kappa shape index (κ1) is 16.5. The van der Waals surface area contributed by atoms with E-state index < -0.39 is 22.6 Å². The molecule has 0 aliphatic carbocycles. The smallest absolute Gasteiger partial charge is 0.341 e. The van der Waals surface area contributed by atoms with E-state index in [2.05, 4.69) is 0 Å². The summed E-state index contributed by atoms with van der Waals surface area (Å²) < 4.78 is 30.7. The molecule has 0 aromatic heterocycles. The van der Waals surface area contributed by atoms with Crippen molar-refractivity contribution in [2.75, 3.05) is 20.2 Å². The Balaban J connectivity index is 2.78. The topological polar surface area (TPSA) is 83.9 Å². The van der Waals surface area contributed by atoms with Crippen molar-refractivity contribution in [3.05, 3.63) is 24.3 Å². The number of unbranched alkanes of at least 4 members (excludes halogenated alkanes) is 1. The second-order valence-electron chi connectivity index (χ2n) is 4.33. The lowest BCUT2D eigenvalue weighted by Gasteiger charge is -2.16. The summed E-state index contributed by atoms with van der Waals surface area (Å²) in [5.74, 6) is -0.761. The van der Waals surface area contributed by atoms with Gasteiger partial charge in [-0.25, -0.2) is 17.5 Å². The molecule has 1 aromatic rings. The van der Waals surface area contributed by atoms with Crippen LogP contribution in [0.4, 0.5) is 0 Å². The summed E-state index contributed by atoms with van der Waals surface area (Å²) in [6, 6.07) is 5.72. The minimum Gasteiger partial charge on any atom is -0.482 e. The molecule has 1 rings (SSSR count). The minimum atomic E-state index is -3.50. The number of carboxylic acids is 1. The lowest BCUT2D eigenvalue weighted by atomic mass is 10.3. The Kier molecular flexibility index (Phi) is 5.97. The molecule has 1 aromatic carbocycles. The fourth-order valence-electron chi connectivity index (χ4n) is 1.53. The van der Waals surface area contributed by atoms with E-state index in [1.165, 1.54) is 28.6 Å². The van der Waals surface area contributed by atoms with E-state index in [1.807, 2.05) is 6.92 Å². The van der Waals surface area contributed by atoms with Crippen LogP contribution in [-0.4, -0.2) is 44.0 Å². The third-order valence-electron chi connectivity index (χ3n) is 2.72. The molecule has 112 valence electrons. The van der Waals surface area contributed by atoms with Gasteiger partial charge in [0, 0.05) is 13.6 Å². The average molecular weight is 301 g/mol. The number of nitrogens with zero attached hydrogens (tertiary/aromatic N) is 1. The highest BCUT2D eigenvalue weighted by Crippen LogP contribution is 2.19. The Labute approximate surface area is 119 Å². The normalized spacial score (nSPS) is 11.6. The Morgan fingerprint density at radius 2 is 1.90 bits per heavy atom. The fraction of sp³-hybridized carbons (Fsp3) is 0.462. The molecule has 0 atom stereocenters. The Bertz CT molecular complexity index is 538. The van der Waals surface area contributed by atoms with Crippen molar-refractivity contribution in [1.29, 1.82) is 0 Å². The van der Waals surface area contributed by atoms with Crippen LogP contribution in [0.3, 0.4) is 0 Å². The molecule has 0 unspecified atom stereocenters. The standard InChI is InChI=1S/C13H19NO5S/c1-3-4-9-14(2)20(17,18)12-7-5-11(6-8-12)19-10-13(15)16/h5-8H,3-4,9-10H2,1-2H3,(H,15,16). The number of aliphatic carboxylic acids is 1. The zero-order chi connectivity index (χ0) is 15.2. The molecule has 0 amide bonds. The van der Waals surface area contributed by atoms with Gasteiger partial charge in [-0.1, -0.05) is 13.3 Å². The zero-order valence-corrected chi connectivity index (χ0v) is 12.4. The first-order valence-electron chi connectivity index (χ1n) is 6.29. The molecule has 7 heteroatoms. The number of carboxylic acid groups (broad SMARTS) is 1. The quantitative estimate of drug-likeness (QED) is 0.788. The fourth-order valence-corrected chi connectivity index (χ4v) is 2.74. The van der Waals surface area contributed by atoms with Gasteiger partial charge < -0.3 is 9.84 Å². The van der Waals surface area contributed by atoms with Gasteiger partial charge in [0.25, 0.3) is 0 Å². The summed E-state index contributed by atoms with van der Waals surface area (Å²) in [5, 5.41) is 8.49. The van der Waals surface area contributed by atoms with Gasteiger partial charge in [0.1, 0.15) is 5.75 Å². The van der Waals surface area contributed by atoms with Crippen LogP contribution in [0.1, 0.15) is 19.8 Å². The largest absolute Gasteiger partial charge is 0.482 e. The molecule has 0 saturated heterocycles. The second-order valence-corrected chi connectivity index (χ2v) is 6.38. The van der Waals surface area contributed by atoms with Gasteiger partial charge in [-0.05, 0) is 30.7 Å². The van der Waals surface area contributed by atoms with Crippen LogP contribution in [0.25, 0.3) is 0 Å². The van der Waals surface area contributed by atoms with Crippen LogP contribution < -0.4 is 4.74 Å². The summed E-state index contributed by atoms with van der Waals surface area (Å²) in [6.07, 6.45) is 1.72. The third kappa shape index (κ3) is 4.50. The molecule has 0 aliphatic heterocycles. The predicted octanol–water partition coefficient (Wildman–Crippen LogP) is 1.57. The van der Waals surface area contributed by atoms with E-state index >= 15 is 0 Å². The molecule has 6 nitrogen and oxygen atoms in total. The predicted molar refractivity (Wildman–Crippen MR) is 74.3 cm³/mol. The Morgan fingerprint density at radius 3 is 2.40 bits per heavy atom. The number of carbonyl (C=O) groups is 1. The van der Waals surface area contributed by atoms with Crippen molar-refractivity contribution < 1.29 is 23.1 Å². The Morgan fingerprint density at radius 1 is 1.30 bits per heavy atom. The van der Waals surface area contributed by atoms with E-state index in [1.54, 1.807) is 7.05 Å². The molecule has 0 fully saturated rings. The molecule has 0 aliphatic rings. The monoisotopic (exact) mass is 301 g/mol. The van der Waals surface area contributed by atoms with Crippen molar-refractivity contribution in [3.63, 3.8) is 0 Å². The summed E-state index contributed by atoms with van der Waals surface area (Å²) >= 11 is 0. The SMILES string of the molecule is CCCCN(C)S(=O)(=O)c1ccc(OCC(=O)O)cc1. The number of benzene rings is 1. The highest BCUT2D eigenvalue weighted by Gasteiger charge is 2.19. The first-order valence-corrected chi connectivity index (χ1v) is 7.73. The molecule has 0 saturated carbocycles. The Hall–Kier alpha value is -1.60. The van der Waals surface area contributed by atoms with Crippen molar-refractivity contribution in [2.24, 2.45) is 0 Å². The molecule has 1 N–H and O–H groups in total. The van der Waals surface area contributed by atoms with Crippen LogP contribution in [0, 0.1) is 0 Å². The van der Waals surface area contributed by atoms with E-state index in [0.717, 1.165) is 12.8 Å². The number of rotatable bonds is 8. The number of hydrogen-bond acceptors (Lipinski definition) is 4. The van der Waals surface area contributed by atoms with Crippen LogP contribution in [0.15, 0.2) is 29.2 Å². The van der Waals surface area contributed by atoms with Gasteiger partial charge >= 0.3 is 5.97 Å². The highest BCUT2D eigenvalue weighted by molar-refractivity contribution is 7.89. The molecular weight excluding hydrogens is 282 g/mol. The molecule has 0 spiro atoms. The number of sulfonamides is 1. The summed E-state index contributed by atoms with van der Waals surface area (Å²) in [5.41, 5.74) is 0. The molecule has 20 heavy (non-hydrogen) atoms. The van der Waals surface area contributed by atoms with Gasteiger partial charge in [0.15, 0.2) is 6.61 Å². The number of hydrogen-bond donors (Lipinski definition) is 1. The zero-order valence-electron chi connectivity index (χ0n) is 11.6. The van der Waals surface area contributed by atoms with Crippen molar-refractivity contribution in [2.45, 2.75) is 24.7 Å². The van der Waals surface area contributed by atoms with Crippen molar-refractivity contribution in [1.82, 2.24) is 4.31 Å². The van der Waals surface area contributed by atoms with E-state index in [0.29, 0.717) is 12.3 Å². The minimum absolute atomic E-state index is 0.166. The lowest BCUT2D eigenvalue weighted by Crippen LogP contribution is -2.27. The van der Waals surface area contributed by atoms with E-state index in [-0.39, 0.29) is 4.90 Å². The van der Waals surface area contributed by atoms with Gasteiger partial charge in [-0.2, -0.15) is 0 Å². The lowest BCUT2D eigenvalue weighted by molar-refractivity contribution is -0.139. The van der Waals surface area contributed by atoms with Gasteiger partial charge in [0.2, 0.25) is 10.0 Å². The maximum atomic E-state index is 12.2. The van der Waals surface area contributed by atoms with Crippen molar-refractivity contribution >= 4 is 16.0 Å². The maximum absolute atomic E-state index is 12.2. The molecular formula is C13H19NO5S. The summed E-state index contributed by atoms with van der Waals surface area (Å²) in [7, 11) is -1.96. The first-order chi connectivity index (χ1) is 9.37. The maximum Gasteiger partial charge on any atom is 0.341 e. The number of ether oxygens (including phenoxy) is 1. The van der Waals surface area contributed by atoms with Crippen LogP contribution in [0.2, 0.25) is 0 Å². The van der Waals surface area contributed by atoms with E-state index in [4.69, 9.17) is 9.84 Å². The van der Waals surface area contributed by atoms with E-state index in [9.17, 15) is 13.2 Å². The van der Waals surface area contributed by atoms with Crippen LogP contribution in [0.5, 0.6) is 5.75 Å². The summed E-state index contributed by atoms with van der Waals surface area (Å²) in [4.78, 5) is 10.5. The third-order valence-corrected chi connectivity index (χ3v) is 4.59. The molecule has 0 bridgehead atoms. The van der Waals surface area contributed by atoms with Crippen LogP contribution in [-0.2, 0) is 14.8 Å². The van der Waals surface area contributed by atoms with Gasteiger partial charge in [0.05, 0.1) is 4.90 Å². The van der Waals surface area contributed by atoms with Crippen LogP contribution >= 0.6 is 0 Å². The average Bonchev–Trinajstić information content (AvgIpc) is 2.42. The van der Waals surface area contributed by atoms with Gasteiger partial charge in [-0.15, -0.1) is 0 Å². The molecule has 0 radical (unpaired) electrons. The highest BCUT2D eigenvalue weighted by atomic mass is 32.2. The van der Waals surface area contributed by atoms with Crippen molar-refractivity contribution in [3.8, 4) is 5.75 Å². The van der Waals surface area contributed by atoms with Gasteiger partial charge in [-0.3, -0.25) is 0 Å². The summed E-state index contributed by atoms with van der Waals surface area (Å²) in [6.45, 7) is 2.01. The second kappa shape index (κ2) is 7.25.